The first kappa shape index (κ1) is 11.4. The third kappa shape index (κ3) is 2.35. The van der Waals surface area contributed by atoms with Gasteiger partial charge in [-0.3, -0.25) is 0 Å². The normalized spacial score (nSPS) is 21.1. The highest BCUT2D eigenvalue weighted by atomic mass is 19.1. The summed E-state index contributed by atoms with van der Waals surface area (Å²) in [5.74, 6) is 0. The highest BCUT2D eigenvalue weighted by molar-refractivity contribution is 5.49. The molecular formula is C13H19FN2. The highest BCUT2D eigenvalue weighted by Crippen LogP contribution is 2.24. The lowest BCUT2D eigenvalue weighted by molar-refractivity contribution is 0.465. The highest BCUT2D eigenvalue weighted by Gasteiger charge is 2.20. The van der Waals surface area contributed by atoms with Crippen molar-refractivity contribution in [2.24, 2.45) is 5.73 Å². The molecule has 1 saturated heterocycles. The summed E-state index contributed by atoms with van der Waals surface area (Å²) < 4.78 is 12.4. The van der Waals surface area contributed by atoms with Gasteiger partial charge >= 0.3 is 0 Å². The smallest absolute Gasteiger partial charge is 0.115 e. The van der Waals surface area contributed by atoms with Gasteiger partial charge in [0.15, 0.2) is 0 Å². The summed E-state index contributed by atoms with van der Waals surface area (Å²) in [6.45, 7) is 1.38. The van der Waals surface area contributed by atoms with Gasteiger partial charge in [0, 0.05) is 24.8 Å². The van der Waals surface area contributed by atoms with Crippen molar-refractivity contribution < 1.29 is 4.39 Å². The first-order valence-electron chi connectivity index (χ1n) is 5.96. The summed E-state index contributed by atoms with van der Waals surface area (Å²) in [7, 11) is 0. The zero-order valence-corrected chi connectivity index (χ0v) is 9.53. The number of piperidine rings is 1. The fourth-order valence-corrected chi connectivity index (χ4v) is 2.36. The molecule has 0 aliphatic carbocycles. The monoisotopic (exact) mass is 222 g/mol. The molecule has 0 aromatic heterocycles. The molecule has 2 N–H and O–H groups in total. The van der Waals surface area contributed by atoms with Crippen LogP contribution < -0.4 is 10.6 Å². The van der Waals surface area contributed by atoms with Crippen LogP contribution >= 0.6 is 0 Å². The molecule has 1 unspecified atom stereocenters. The summed E-state index contributed by atoms with van der Waals surface area (Å²) in [6.07, 6.45) is 3.66. The van der Waals surface area contributed by atoms with Crippen molar-refractivity contribution in [2.45, 2.75) is 32.0 Å². The van der Waals surface area contributed by atoms with E-state index in [1.165, 1.54) is 24.9 Å². The summed E-state index contributed by atoms with van der Waals surface area (Å²) in [4.78, 5) is 2.35. The van der Waals surface area contributed by atoms with E-state index in [9.17, 15) is 4.39 Å². The Morgan fingerprint density at radius 3 is 2.62 bits per heavy atom. The van der Waals surface area contributed by atoms with Crippen LogP contribution in [-0.2, 0) is 6.67 Å². The van der Waals surface area contributed by atoms with Crippen LogP contribution in [0.25, 0.3) is 0 Å². The molecule has 1 heterocycles. The van der Waals surface area contributed by atoms with Crippen LogP contribution in [0.1, 0.15) is 24.8 Å². The number of nitrogens with zero attached hydrogens (tertiary/aromatic N) is 1. The summed E-state index contributed by atoms with van der Waals surface area (Å²) >= 11 is 0. The van der Waals surface area contributed by atoms with Crippen LogP contribution in [0.15, 0.2) is 24.3 Å². The van der Waals surface area contributed by atoms with Crippen LogP contribution in [0.5, 0.6) is 0 Å². The van der Waals surface area contributed by atoms with Crippen LogP contribution in [-0.4, -0.2) is 19.1 Å². The Morgan fingerprint density at radius 2 is 2.00 bits per heavy atom. The van der Waals surface area contributed by atoms with Crippen molar-refractivity contribution in [3.05, 3.63) is 29.8 Å². The number of alkyl halides is 1. The standard InChI is InChI=1S/C13H19FN2/c14-9-11-4-6-12(7-5-11)16-8-2-1-3-13(16)10-15/h4-7,13H,1-3,8-10,15H2. The van der Waals surface area contributed by atoms with Crippen LogP contribution in [0.2, 0.25) is 0 Å². The second-order valence-electron chi connectivity index (χ2n) is 4.38. The molecule has 0 amide bonds. The Kier molecular flexibility index (Phi) is 3.78. The largest absolute Gasteiger partial charge is 0.367 e. The fraction of sp³-hybridized carbons (Fsp3) is 0.538. The first-order valence-corrected chi connectivity index (χ1v) is 5.96. The van der Waals surface area contributed by atoms with E-state index in [1.807, 2.05) is 24.3 Å². The Morgan fingerprint density at radius 1 is 1.25 bits per heavy atom. The van der Waals surface area contributed by atoms with Crippen molar-refractivity contribution in [2.75, 3.05) is 18.0 Å². The maximum atomic E-state index is 12.4. The van der Waals surface area contributed by atoms with Crippen molar-refractivity contribution in [3.8, 4) is 0 Å². The van der Waals surface area contributed by atoms with Gasteiger partial charge in [0.25, 0.3) is 0 Å². The molecule has 3 heteroatoms. The molecule has 2 nitrogen and oxygen atoms in total. The molecule has 1 fully saturated rings. The lowest BCUT2D eigenvalue weighted by Gasteiger charge is -2.37. The van der Waals surface area contributed by atoms with E-state index in [4.69, 9.17) is 5.73 Å². The maximum absolute atomic E-state index is 12.4. The van der Waals surface area contributed by atoms with Crippen molar-refractivity contribution in [3.63, 3.8) is 0 Å². The van der Waals surface area contributed by atoms with Crippen LogP contribution in [0.3, 0.4) is 0 Å². The number of hydrogen-bond donors (Lipinski definition) is 1. The van der Waals surface area contributed by atoms with Gasteiger partial charge in [-0.25, -0.2) is 4.39 Å². The fourth-order valence-electron chi connectivity index (χ4n) is 2.36. The second kappa shape index (κ2) is 5.30. The maximum Gasteiger partial charge on any atom is 0.115 e. The van der Waals surface area contributed by atoms with E-state index in [0.29, 0.717) is 12.6 Å². The Balaban J connectivity index is 2.14. The van der Waals surface area contributed by atoms with Gasteiger partial charge in [0.1, 0.15) is 6.67 Å². The minimum Gasteiger partial charge on any atom is -0.367 e. The van der Waals surface area contributed by atoms with Gasteiger partial charge < -0.3 is 10.6 Å². The molecule has 0 bridgehead atoms. The minimum atomic E-state index is -0.388. The Hall–Kier alpha value is -1.09. The second-order valence-corrected chi connectivity index (χ2v) is 4.38. The number of hydrogen-bond acceptors (Lipinski definition) is 2. The third-order valence-corrected chi connectivity index (χ3v) is 3.32. The Labute approximate surface area is 96.2 Å². The van der Waals surface area contributed by atoms with Crippen molar-refractivity contribution in [1.29, 1.82) is 0 Å². The Bertz CT molecular complexity index is 323. The van der Waals surface area contributed by atoms with Gasteiger partial charge in [-0.2, -0.15) is 0 Å². The lowest BCUT2D eigenvalue weighted by atomic mass is 10.0. The molecular weight excluding hydrogens is 203 g/mol. The SMILES string of the molecule is NCC1CCCCN1c1ccc(CF)cc1. The zero-order chi connectivity index (χ0) is 11.4. The number of nitrogens with two attached hydrogens (primary N) is 1. The van der Waals surface area contributed by atoms with E-state index < -0.39 is 0 Å². The molecule has 88 valence electrons. The van der Waals surface area contributed by atoms with Gasteiger partial charge in [-0.15, -0.1) is 0 Å². The number of rotatable bonds is 3. The van der Waals surface area contributed by atoms with Crippen molar-refractivity contribution >= 4 is 5.69 Å². The summed E-state index contributed by atoms with van der Waals surface area (Å²) in [5, 5.41) is 0. The van der Waals surface area contributed by atoms with E-state index in [-0.39, 0.29) is 6.67 Å². The quantitative estimate of drug-likeness (QED) is 0.851. The minimum absolute atomic E-state index is 0.388. The predicted octanol–water partition coefficient (Wildman–Crippen LogP) is 2.47. The van der Waals surface area contributed by atoms with Gasteiger partial charge in [-0.05, 0) is 37.0 Å². The molecule has 1 aromatic carbocycles. The van der Waals surface area contributed by atoms with Crippen LogP contribution in [0.4, 0.5) is 10.1 Å². The number of anilines is 1. The van der Waals surface area contributed by atoms with Gasteiger partial charge in [0.2, 0.25) is 0 Å². The molecule has 0 radical (unpaired) electrons. The molecule has 1 aliphatic heterocycles. The first-order chi connectivity index (χ1) is 7.85. The average molecular weight is 222 g/mol. The van der Waals surface area contributed by atoms with Crippen LogP contribution in [0, 0.1) is 0 Å². The van der Waals surface area contributed by atoms with E-state index in [1.54, 1.807) is 0 Å². The topological polar surface area (TPSA) is 29.3 Å². The molecule has 1 aliphatic rings. The molecule has 0 saturated carbocycles. The number of benzene rings is 1. The zero-order valence-electron chi connectivity index (χ0n) is 9.53. The third-order valence-electron chi connectivity index (χ3n) is 3.32. The van der Waals surface area contributed by atoms with Gasteiger partial charge in [0.05, 0.1) is 0 Å². The van der Waals surface area contributed by atoms with E-state index >= 15 is 0 Å². The molecule has 16 heavy (non-hydrogen) atoms. The molecule has 1 atom stereocenters. The van der Waals surface area contributed by atoms with Crippen molar-refractivity contribution in [1.82, 2.24) is 0 Å². The average Bonchev–Trinajstić information content (AvgIpc) is 2.39. The van der Waals surface area contributed by atoms with E-state index in [0.717, 1.165) is 12.1 Å². The van der Waals surface area contributed by atoms with Gasteiger partial charge in [-0.1, -0.05) is 12.1 Å². The predicted molar refractivity (Wildman–Crippen MR) is 65.3 cm³/mol. The lowest BCUT2D eigenvalue weighted by Crippen LogP contribution is -2.44. The molecule has 0 spiro atoms. The molecule has 1 aromatic rings. The number of halogens is 1. The van der Waals surface area contributed by atoms with E-state index in [2.05, 4.69) is 4.90 Å². The summed E-state index contributed by atoms with van der Waals surface area (Å²) in [6, 6.07) is 8.17. The molecule has 2 rings (SSSR count). The summed E-state index contributed by atoms with van der Waals surface area (Å²) in [5.41, 5.74) is 7.70.